The summed E-state index contributed by atoms with van der Waals surface area (Å²) in [6, 6.07) is 0. The highest BCUT2D eigenvalue weighted by molar-refractivity contribution is 4.59. The summed E-state index contributed by atoms with van der Waals surface area (Å²) >= 11 is 0. The molecule has 20 heavy (non-hydrogen) atoms. The monoisotopic (exact) mass is 287 g/mol. The second-order valence-electron chi connectivity index (χ2n) is 6.24. The largest absolute Gasteiger partial charge is 0.389 e. The molecule has 0 saturated heterocycles. The number of unbranched alkanes of at least 4 members (excludes halogenated alkanes) is 5. The quantitative estimate of drug-likeness (QED) is 0.451. The van der Waals surface area contributed by atoms with Crippen molar-refractivity contribution in [3.05, 3.63) is 0 Å². The first-order valence-corrected chi connectivity index (χ1v) is 8.63. The molecule has 0 rings (SSSR count). The van der Waals surface area contributed by atoms with Crippen molar-refractivity contribution in [2.24, 2.45) is 5.92 Å². The fourth-order valence-corrected chi connectivity index (χ4v) is 2.17. The number of nitrogens with one attached hydrogen (secondary N) is 1. The Morgan fingerprint density at radius 1 is 1.00 bits per heavy atom. The molecule has 1 atom stereocenters. The number of ether oxygens (including phenoxy) is 1. The van der Waals surface area contributed by atoms with Crippen LogP contribution in [-0.2, 0) is 4.74 Å². The lowest BCUT2D eigenvalue weighted by Crippen LogP contribution is -2.31. The van der Waals surface area contributed by atoms with Gasteiger partial charge >= 0.3 is 0 Å². The maximum Gasteiger partial charge on any atom is 0.0897 e. The average molecular weight is 287 g/mol. The lowest BCUT2D eigenvalue weighted by atomic mass is 10.1. The molecule has 0 bridgehead atoms. The highest BCUT2D eigenvalue weighted by Gasteiger charge is 2.03. The van der Waals surface area contributed by atoms with E-state index >= 15 is 0 Å². The zero-order valence-corrected chi connectivity index (χ0v) is 14.0. The van der Waals surface area contributed by atoms with E-state index in [1.807, 2.05) is 0 Å². The van der Waals surface area contributed by atoms with Crippen LogP contribution in [0.15, 0.2) is 0 Å². The summed E-state index contributed by atoms with van der Waals surface area (Å²) in [5.74, 6) is 0.738. The Hall–Kier alpha value is -0.120. The molecule has 3 nitrogen and oxygen atoms in total. The molecule has 0 aliphatic rings. The number of rotatable bonds is 15. The highest BCUT2D eigenvalue weighted by atomic mass is 16.5. The molecule has 0 spiro atoms. The Morgan fingerprint density at radius 3 is 2.40 bits per heavy atom. The Kier molecular flexibility index (Phi) is 15.2. The Labute approximate surface area is 126 Å². The van der Waals surface area contributed by atoms with Gasteiger partial charge in [-0.3, -0.25) is 0 Å². The first-order valence-electron chi connectivity index (χ1n) is 8.63. The molecule has 0 saturated carbocycles. The maximum absolute atomic E-state index is 9.74. The predicted molar refractivity (Wildman–Crippen MR) is 87.1 cm³/mol. The van der Waals surface area contributed by atoms with E-state index in [1.54, 1.807) is 0 Å². The van der Waals surface area contributed by atoms with Gasteiger partial charge in [-0.05, 0) is 31.7 Å². The molecular weight excluding hydrogens is 250 g/mol. The van der Waals surface area contributed by atoms with Crippen molar-refractivity contribution in [3.8, 4) is 0 Å². The zero-order valence-electron chi connectivity index (χ0n) is 14.0. The van der Waals surface area contributed by atoms with Gasteiger partial charge in [0.05, 0.1) is 12.7 Å². The topological polar surface area (TPSA) is 41.5 Å². The molecule has 0 aromatic carbocycles. The summed E-state index contributed by atoms with van der Waals surface area (Å²) in [6.07, 6.45) is 9.82. The van der Waals surface area contributed by atoms with E-state index < -0.39 is 0 Å². The first-order chi connectivity index (χ1) is 9.66. The molecular formula is C17H37NO2. The van der Waals surface area contributed by atoms with Crippen LogP contribution in [0.1, 0.15) is 72.1 Å². The molecule has 0 aromatic heterocycles. The fourth-order valence-electron chi connectivity index (χ4n) is 2.17. The molecule has 0 radical (unpaired) electrons. The Morgan fingerprint density at radius 2 is 1.70 bits per heavy atom. The van der Waals surface area contributed by atoms with Gasteiger partial charge in [0.1, 0.15) is 0 Å². The smallest absolute Gasteiger partial charge is 0.0897 e. The minimum absolute atomic E-state index is 0.367. The summed E-state index contributed by atoms with van der Waals surface area (Å²) in [5.41, 5.74) is 0. The van der Waals surface area contributed by atoms with E-state index in [1.165, 1.54) is 44.9 Å². The minimum atomic E-state index is -0.367. The number of aliphatic hydroxyl groups excluding tert-OH is 1. The van der Waals surface area contributed by atoms with E-state index in [4.69, 9.17) is 4.74 Å². The van der Waals surface area contributed by atoms with Crippen molar-refractivity contribution in [1.29, 1.82) is 0 Å². The maximum atomic E-state index is 9.74. The van der Waals surface area contributed by atoms with Crippen LogP contribution in [0.4, 0.5) is 0 Å². The highest BCUT2D eigenvalue weighted by Crippen LogP contribution is 2.04. The van der Waals surface area contributed by atoms with Gasteiger partial charge in [0, 0.05) is 13.2 Å². The molecule has 2 N–H and O–H groups in total. The van der Waals surface area contributed by atoms with Crippen molar-refractivity contribution in [2.45, 2.75) is 78.2 Å². The van der Waals surface area contributed by atoms with Gasteiger partial charge in [-0.25, -0.2) is 0 Å². The summed E-state index contributed by atoms with van der Waals surface area (Å²) < 4.78 is 5.48. The summed E-state index contributed by atoms with van der Waals surface area (Å²) in [4.78, 5) is 0. The van der Waals surface area contributed by atoms with Crippen LogP contribution in [0.3, 0.4) is 0 Å². The van der Waals surface area contributed by atoms with E-state index in [9.17, 15) is 5.11 Å². The third-order valence-electron chi connectivity index (χ3n) is 3.47. The zero-order chi connectivity index (χ0) is 15.1. The van der Waals surface area contributed by atoms with E-state index in [0.717, 1.165) is 25.5 Å². The molecule has 0 heterocycles. The normalized spacial score (nSPS) is 13.1. The Balaban J connectivity index is 3.14. The van der Waals surface area contributed by atoms with Gasteiger partial charge < -0.3 is 15.2 Å². The van der Waals surface area contributed by atoms with Crippen molar-refractivity contribution in [1.82, 2.24) is 5.32 Å². The van der Waals surface area contributed by atoms with Crippen LogP contribution in [0.2, 0.25) is 0 Å². The fraction of sp³-hybridized carbons (Fsp3) is 1.00. The van der Waals surface area contributed by atoms with Gasteiger partial charge in [0.2, 0.25) is 0 Å². The standard InChI is InChI=1S/C17H37NO2/c1-4-5-6-7-8-9-12-18-14-17(19)15-20-13-10-11-16(2)3/h16-19H,4-15H2,1-3H3. The van der Waals surface area contributed by atoms with Crippen molar-refractivity contribution < 1.29 is 9.84 Å². The van der Waals surface area contributed by atoms with Gasteiger partial charge in [0.15, 0.2) is 0 Å². The van der Waals surface area contributed by atoms with E-state index in [0.29, 0.717) is 13.2 Å². The van der Waals surface area contributed by atoms with Gasteiger partial charge in [-0.1, -0.05) is 52.9 Å². The number of hydrogen-bond acceptors (Lipinski definition) is 3. The molecule has 0 fully saturated rings. The van der Waals surface area contributed by atoms with Gasteiger partial charge in [-0.15, -0.1) is 0 Å². The minimum Gasteiger partial charge on any atom is -0.389 e. The second-order valence-corrected chi connectivity index (χ2v) is 6.24. The van der Waals surface area contributed by atoms with Crippen molar-refractivity contribution in [2.75, 3.05) is 26.3 Å². The van der Waals surface area contributed by atoms with Crippen LogP contribution in [0.25, 0.3) is 0 Å². The van der Waals surface area contributed by atoms with Crippen molar-refractivity contribution >= 4 is 0 Å². The van der Waals surface area contributed by atoms with E-state index in [2.05, 4.69) is 26.1 Å². The summed E-state index contributed by atoms with van der Waals surface area (Å²) in [5, 5.41) is 13.0. The molecule has 0 aliphatic heterocycles. The van der Waals surface area contributed by atoms with Crippen LogP contribution in [0, 0.1) is 5.92 Å². The van der Waals surface area contributed by atoms with Crippen LogP contribution in [0.5, 0.6) is 0 Å². The number of aliphatic hydroxyl groups is 1. The molecule has 1 unspecified atom stereocenters. The van der Waals surface area contributed by atoms with Crippen LogP contribution in [-0.4, -0.2) is 37.5 Å². The third kappa shape index (κ3) is 15.9. The molecule has 0 aromatic rings. The van der Waals surface area contributed by atoms with Crippen LogP contribution >= 0.6 is 0 Å². The molecule has 3 heteroatoms. The molecule has 0 aliphatic carbocycles. The van der Waals surface area contributed by atoms with Crippen LogP contribution < -0.4 is 5.32 Å². The first kappa shape index (κ1) is 19.9. The molecule has 122 valence electrons. The van der Waals surface area contributed by atoms with E-state index in [-0.39, 0.29) is 6.10 Å². The summed E-state index contributed by atoms with van der Waals surface area (Å²) in [6.45, 7) is 9.58. The average Bonchev–Trinajstić information content (AvgIpc) is 2.41. The third-order valence-corrected chi connectivity index (χ3v) is 3.47. The lowest BCUT2D eigenvalue weighted by molar-refractivity contribution is 0.0348. The number of hydrogen-bond donors (Lipinski definition) is 2. The van der Waals surface area contributed by atoms with Crippen molar-refractivity contribution in [3.63, 3.8) is 0 Å². The van der Waals surface area contributed by atoms with Gasteiger partial charge in [-0.2, -0.15) is 0 Å². The Bertz CT molecular complexity index is 186. The predicted octanol–water partition coefficient (Wildman–Crippen LogP) is 3.75. The second kappa shape index (κ2) is 15.3. The lowest BCUT2D eigenvalue weighted by Gasteiger charge is -2.12. The SMILES string of the molecule is CCCCCCCCNCC(O)COCCCC(C)C. The van der Waals surface area contributed by atoms with Gasteiger partial charge in [0.25, 0.3) is 0 Å². The summed E-state index contributed by atoms with van der Waals surface area (Å²) in [7, 11) is 0. The molecule has 0 amide bonds.